The first-order valence-corrected chi connectivity index (χ1v) is 7.05. The largest absolute Gasteiger partial charge is 0.353 e. The topological polar surface area (TPSA) is 58.2 Å². The highest BCUT2D eigenvalue weighted by atomic mass is 16.2. The van der Waals surface area contributed by atoms with Crippen molar-refractivity contribution in [3.05, 3.63) is 29.3 Å². The highest BCUT2D eigenvalue weighted by Gasteiger charge is 2.56. The van der Waals surface area contributed by atoms with Crippen molar-refractivity contribution >= 4 is 17.5 Å². The lowest BCUT2D eigenvalue weighted by Crippen LogP contribution is -2.42. The van der Waals surface area contributed by atoms with Gasteiger partial charge in [-0.05, 0) is 52.2 Å². The first-order valence-electron chi connectivity index (χ1n) is 7.05. The van der Waals surface area contributed by atoms with Gasteiger partial charge in [0.15, 0.2) is 0 Å². The molecule has 20 heavy (non-hydrogen) atoms. The molecule has 1 fully saturated rings. The van der Waals surface area contributed by atoms with Gasteiger partial charge >= 0.3 is 0 Å². The molecule has 0 saturated heterocycles. The van der Waals surface area contributed by atoms with Crippen LogP contribution >= 0.6 is 0 Å². The van der Waals surface area contributed by atoms with Crippen LogP contribution in [0.2, 0.25) is 0 Å². The molecule has 2 rings (SSSR count). The van der Waals surface area contributed by atoms with Crippen LogP contribution in [-0.2, 0) is 9.59 Å². The van der Waals surface area contributed by atoms with E-state index >= 15 is 0 Å². The number of amides is 2. The Morgan fingerprint density at radius 2 is 1.80 bits per heavy atom. The Balaban J connectivity index is 2.10. The van der Waals surface area contributed by atoms with Crippen LogP contribution in [-0.4, -0.2) is 17.9 Å². The third-order valence-corrected chi connectivity index (χ3v) is 3.67. The van der Waals surface area contributed by atoms with E-state index < -0.39 is 5.41 Å². The van der Waals surface area contributed by atoms with Gasteiger partial charge in [0.2, 0.25) is 11.8 Å². The predicted molar refractivity (Wildman–Crippen MR) is 79.5 cm³/mol. The summed E-state index contributed by atoms with van der Waals surface area (Å²) in [6.45, 7) is 7.76. The summed E-state index contributed by atoms with van der Waals surface area (Å²) in [5, 5.41) is 5.73. The summed E-state index contributed by atoms with van der Waals surface area (Å²) < 4.78 is 0. The fourth-order valence-corrected chi connectivity index (χ4v) is 2.28. The van der Waals surface area contributed by atoms with Crippen LogP contribution in [0.4, 0.5) is 5.69 Å². The van der Waals surface area contributed by atoms with Gasteiger partial charge in [0, 0.05) is 11.7 Å². The molecule has 0 heterocycles. The Hall–Kier alpha value is -1.84. The maximum Gasteiger partial charge on any atom is 0.240 e. The smallest absolute Gasteiger partial charge is 0.240 e. The van der Waals surface area contributed by atoms with Gasteiger partial charge in [-0.3, -0.25) is 9.59 Å². The zero-order chi connectivity index (χ0) is 14.9. The molecular weight excluding hydrogens is 252 g/mol. The van der Waals surface area contributed by atoms with Crippen molar-refractivity contribution in [2.24, 2.45) is 5.41 Å². The van der Waals surface area contributed by atoms with Gasteiger partial charge in [-0.2, -0.15) is 0 Å². The summed E-state index contributed by atoms with van der Waals surface area (Å²) in [6.07, 6.45) is 1.25. The standard InChI is InChI=1S/C16H22N2O2/c1-10(2)17-14(19)16(7-8-16)15(20)18-13-6-5-11(3)9-12(13)4/h5-6,9-10H,7-8H2,1-4H3,(H,17,19)(H,18,20). The Morgan fingerprint density at radius 3 is 2.30 bits per heavy atom. The Labute approximate surface area is 119 Å². The van der Waals surface area contributed by atoms with Gasteiger partial charge < -0.3 is 10.6 Å². The van der Waals surface area contributed by atoms with Crippen molar-refractivity contribution < 1.29 is 9.59 Å². The molecule has 1 aliphatic carbocycles. The zero-order valence-corrected chi connectivity index (χ0v) is 12.5. The normalized spacial score (nSPS) is 15.8. The van der Waals surface area contributed by atoms with Crippen molar-refractivity contribution in [1.29, 1.82) is 0 Å². The maximum absolute atomic E-state index is 12.4. The third-order valence-electron chi connectivity index (χ3n) is 3.67. The van der Waals surface area contributed by atoms with Crippen molar-refractivity contribution in [3.63, 3.8) is 0 Å². The lowest BCUT2D eigenvalue weighted by molar-refractivity contribution is -0.134. The molecule has 4 heteroatoms. The second kappa shape index (κ2) is 5.27. The van der Waals surface area contributed by atoms with Crippen LogP contribution in [0.15, 0.2) is 18.2 Å². The number of rotatable bonds is 4. The molecule has 0 radical (unpaired) electrons. The number of aryl methyl sites for hydroxylation is 2. The first kappa shape index (κ1) is 14.6. The number of carbonyl (C=O) groups excluding carboxylic acids is 2. The van der Waals surface area contributed by atoms with Crippen molar-refractivity contribution in [1.82, 2.24) is 5.32 Å². The minimum Gasteiger partial charge on any atom is -0.353 e. The fraction of sp³-hybridized carbons (Fsp3) is 0.500. The molecular formula is C16H22N2O2. The maximum atomic E-state index is 12.4. The number of benzene rings is 1. The van der Waals surface area contributed by atoms with E-state index in [1.54, 1.807) is 0 Å². The molecule has 0 bridgehead atoms. The Bertz CT molecular complexity index is 545. The van der Waals surface area contributed by atoms with Gasteiger partial charge in [-0.15, -0.1) is 0 Å². The number of anilines is 1. The molecule has 4 nitrogen and oxygen atoms in total. The summed E-state index contributed by atoms with van der Waals surface area (Å²) in [5.41, 5.74) is 2.09. The molecule has 0 aromatic heterocycles. The van der Waals surface area contributed by atoms with Gasteiger partial charge in [0.25, 0.3) is 0 Å². The predicted octanol–water partition coefficient (Wildman–Crippen LogP) is 2.55. The fourth-order valence-electron chi connectivity index (χ4n) is 2.28. The highest BCUT2D eigenvalue weighted by molar-refractivity contribution is 6.13. The number of hydrogen-bond donors (Lipinski definition) is 2. The monoisotopic (exact) mass is 274 g/mol. The summed E-state index contributed by atoms with van der Waals surface area (Å²) in [4.78, 5) is 24.5. The van der Waals surface area contributed by atoms with E-state index in [9.17, 15) is 9.59 Å². The van der Waals surface area contributed by atoms with Crippen LogP contribution in [0, 0.1) is 19.3 Å². The molecule has 0 aliphatic heterocycles. The molecule has 1 saturated carbocycles. The number of hydrogen-bond acceptors (Lipinski definition) is 2. The first-order chi connectivity index (χ1) is 9.35. The highest BCUT2D eigenvalue weighted by Crippen LogP contribution is 2.47. The van der Waals surface area contributed by atoms with E-state index in [4.69, 9.17) is 0 Å². The molecule has 108 valence electrons. The molecule has 1 aromatic carbocycles. The summed E-state index contributed by atoms with van der Waals surface area (Å²) >= 11 is 0. The van der Waals surface area contributed by atoms with Crippen LogP contribution in [0.25, 0.3) is 0 Å². The lowest BCUT2D eigenvalue weighted by Gasteiger charge is -2.18. The van der Waals surface area contributed by atoms with Crippen molar-refractivity contribution in [2.75, 3.05) is 5.32 Å². The molecule has 0 atom stereocenters. The quantitative estimate of drug-likeness (QED) is 0.829. The molecule has 1 aliphatic rings. The summed E-state index contributed by atoms with van der Waals surface area (Å²) in [7, 11) is 0. The van der Waals surface area contributed by atoms with E-state index in [-0.39, 0.29) is 17.9 Å². The van der Waals surface area contributed by atoms with E-state index in [1.165, 1.54) is 0 Å². The van der Waals surface area contributed by atoms with E-state index in [1.807, 2.05) is 45.9 Å². The average molecular weight is 274 g/mol. The second-order valence-electron chi connectivity index (χ2n) is 5.98. The van der Waals surface area contributed by atoms with Crippen molar-refractivity contribution in [2.45, 2.75) is 46.6 Å². The number of carbonyl (C=O) groups is 2. The number of nitrogens with one attached hydrogen (secondary N) is 2. The lowest BCUT2D eigenvalue weighted by atomic mass is 10.0. The zero-order valence-electron chi connectivity index (χ0n) is 12.5. The molecule has 2 amide bonds. The Kier molecular flexibility index (Phi) is 3.84. The van der Waals surface area contributed by atoms with E-state index in [2.05, 4.69) is 10.6 Å². The molecule has 0 spiro atoms. The van der Waals surface area contributed by atoms with Gasteiger partial charge in [-0.1, -0.05) is 17.7 Å². The van der Waals surface area contributed by atoms with E-state index in [0.29, 0.717) is 12.8 Å². The van der Waals surface area contributed by atoms with Crippen LogP contribution in [0.1, 0.15) is 37.8 Å². The molecule has 2 N–H and O–H groups in total. The van der Waals surface area contributed by atoms with Gasteiger partial charge in [-0.25, -0.2) is 0 Å². The summed E-state index contributed by atoms with van der Waals surface area (Å²) in [6, 6.07) is 5.91. The van der Waals surface area contributed by atoms with Gasteiger partial charge in [0.1, 0.15) is 5.41 Å². The average Bonchev–Trinajstić information content (AvgIpc) is 3.13. The SMILES string of the molecule is Cc1ccc(NC(=O)C2(C(=O)NC(C)C)CC2)c(C)c1. The molecule has 1 aromatic rings. The van der Waals surface area contributed by atoms with Gasteiger partial charge in [0.05, 0.1) is 0 Å². The summed E-state index contributed by atoms with van der Waals surface area (Å²) in [5.74, 6) is -0.350. The second-order valence-corrected chi connectivity index (χ2v) is 5.98. The Morgan fingerprint density at radius 1 is 1.15 bits per heavy atom. The van der Waals surface area contributed by atoms with Crippen LogP contribution < -0.4 is 10.6 Å². The molecule has 0 unspecified atom stereocenters. The third kappa shape index (κ3) is 2.84. The van der Waals surface area contributed by atoms with Crippen molar-refractivity contribution in [3.8, 4) is 0 Å². The van der Waals surface area contributed by atoms with Crippen LogP contribution in [0.5, 0.6) is 0 Å². The van der Waals surface area contributed by atoms with Crippen LogP contribution in [0.3, 0.4) is 0 Å². The minimum absolute atomic E-state index is 0.0499. The van der Waals surface area contributed by atoms with E-state index in [0.717, 1.165) is 16.8 Å². The minimum atomic E-state index is -0.860.